The number of halogens is 1. The number of aromatic nitrogens is 1. The zero-order valence-electron chi connectivity index (χ0n) is 18.9. The number of ether oxygens (including phenoxy) is 1. The van der Waals surface area contributed by atoms with Gasteiger partial charge in [-0.25, -0.2) is 4.79 Å². The fraction of sp³-hybridized carbons (Fsp3) is 0.458. The molecule has 1 saturated heterocycles. The predicted octanol–water partition coefficient (Wildman–Crippen LogP) is 3.52. The second-order valence-corrected chi connectivity index (χ2v) is 9.39. The maximum absolute atomic E-state index is 13.3. The molecule has 32 heavy (non-hydrogen) atoms. The van der Waals surface area contributed by atoms with Crippen molar-refractivity contribution in [2.75, 3.05) is 26.2 Å². The van der Waals surface area contributed by atoms with Crippen molar-refractivity contribution in [1.29, 1.82) is 0 Å². The van der Waals surface area contributed by atoms with Gasteiger partial charge >= 0.3 is 6.09 Å². The second-order valence-electron chi connectivity index (χ2n) is 8.95. The standard InChI is InChI=1S/C24H31ClN4O3/c1-24(2,3)32-23(31)27-21(16-18-7-9-19(25)10-8-18)22(30)29-14-12-28(13-15-29)17-20-6-4-5-11-26-20/h4-11,21H,12-17H2,1-3H3,(H,27,31)/t21-/m1/s1. The molecule has 0 aliphatic carbocycles. The van der Waals surface area contributed by atoms with Crippen molar-refractivity contribution in [2.45, 2.75) is 45.4 Å². The molecule has 1 aromatic heterocycles. The van der Waals surface area contributed by atoms with E-state index in [0.717, 1.165) is 30.9 Å². The van der Waals surface area contributed by atoms with E-state index in [4.69, 9.17) is 16.3 Å². The number of carbonyl (C=O) groups is 2. The molecule has 0 unspecified atom stereocenters. The van der Waals surface area contributed by atoms with E-state index in [0.29, 0.717) is 24.5 Å². The number of hydrogen-bond donors (Lipinski definition) is 1. The number of rotatable bonds is 6. The van der Waals surface area contributed by atoms with Crippen LogP contribution in [0.4, 0.5) is 4.79 Å². The molecule has 7 nitrogen and oxygen atoms in total. The maximum atomic E-state index is 13.3. The van der Waals surface area contributed by atoms with E-state index < -0.39 is 17.7 Å². The van der Waals surface area contributed by atoms with E-state index >= 15 is 0 Å². The monoisotopic (exact) mass is 458 g/mol. The van der Waals surface area contributed by atoms with Crippen LogP contribution in [-0.2, 0) is 22.5 Å². The summed E-state index contributed by atoms with van der Waals surface area (Å²) in [5.74, 6) is -0.108. The van der Waals surface area contributed by atoms with Crippen LogP contribution in [0.25, 0.3) is 0 Å². The summed E-state index contributed by atoms with van der Waals surface area (Å²) in [6.07, 6.45) is 1.56. The molecule has 0 spiro atoms. The van der Waals surface area contributed by atoms with Gasteiger partial charge in [-0.15, -0.1) is 0 Å². The molecule has 1 aliphatic heterocycles. The van der Waals surface area contributed by atoms with Gasteiger partial charge in [-0.1, -0.05) is 29.8 Å². The van der Waals surface area contributed by atoms with Crippen LogP contribution in [0.1, 0.15) is 32.0 Å². The smallest absolute Gasteiger partial charge is 0.408 e. The first-order chi connectivity index (χ1) is 15.2. The van der Waals surface area contributed by atoms with Crippen molar-refractivity contribution in [3.63, 3.8) is 0 Å². The van der Waals surface area contributed by atoms with E-state index in [1.54, 1.807) is 39.1 Å². The number of carbonyl (C=O) groups excluding carboxylic acids is 2. The number of pyridine rings is 1. The summed E-state index contributed by atoms with van der Waals surface area (Å²) < 4.78 is 5.39. The summed E-state index contributed by atoms with van der Waals surface area (Å²) in [5, 5.41) is 3.40. The third-order valence-corrected chi connectivity index (χ3v) is 5.39. The molecule has 172 valence electrons. The van der Waals surface area contributed by atoms with Gasteiger partial charge in [-0.2, -0.15) is 0 Å². The van der Waals surface area contributed by atoms with Gasteiger partial charge in [0.15, 0.2) is 0 Å². The Balaban J connectivity index is 1.63. The minimum absolute atomic E-state index is 0.108. The van der Waals surface area contributed by atoms with Crippen LogP contribution in [0.3, 0.4) is 0 Å². The molecule has 8 heteroatoms. The molecular weight excluding hydrogens is 428 g/mol. The Labute approximate surface area is 194 Å². The van der Waals surface area contributed by atoms with Gasteiger partial charge in [-0.05, 0) is 50.6 Å². The molecule has 0 bridgehead atoms. The van der Waals surface area contributed by atoms with Crippen molar-refractivity contribution >= 4 is 23.6 Å². The van der Waals surface area contributed by atoms with Crippen LogP contribution >= 0.6 is 11.6 Å². The number of piperazine rings is 1. The SMILES string of the molecule is CC(C)(C)OC(=O)N[C@H](Cc1ccc(Cl)cc1)C(=O)N1CCN(Cc2ccccn2)CC1. The third kappa shape index (κ3) is 7.50. The minimum atomic E-state index is -0.714. The van der Waals surface area contributed by atoms with E-state index in [1.165, 1.54) is 0 Å². The number of benzene rings is 1. The Morgan fingerprint density at radius 1 is 1.09 bits per heavy atom. The van der Waals surface area contributed by atoms with Crippen molar-refractivity contribution in [3.05, 3.63) is 64.9 Å². The van der Waals surface area contributed by atoms with Crippen molar-refractivity contribution in [2.24, 2.45) is 0 Å². The number of hydrogen-bond acceptors (Lipinski definition) is 5. The van der Waals surface area contributed by atoms with Crippen LogP contribution in [0, 0.1) is 0 Å². The molecular formula is C24H31ClN4O3. The van der Waals surface area contributed by atoms with Gasteiger partial charge < -0.3 is 15.0 Å². The van der Waals surface area contributed by atoms with Gasteiger partial charge in [0.1, 0.15) is 11.6 Å². The topological polar surface area (TPSA) is 74.8 Å². The Morgan fingerprint density at radius 3 is 2.38 bits per heavy atom. The van der Waals surface area contributed by atoms with E-state index in [-0.39, 0.29) is 5.91 Å². The maximum Gasteiger partial charge on any atom is 0.408 e. The highest BCUT2D eigenvalue weighted by Crippen LogP contribution is 2.15. The number of nitrogens with one attached hydrogen (secondary N) is 1. The molecule has 2 amide bonds. The van der Waals surface area contributed by atoms with Gasteiger partial charge in [0.2, 0.25) is 5.91 Å². The second kappa shape index (κ2) is 10.8. The lowest BCUT2D eigenvalue weighted by molar-refractivity contribution is -0.135. The van der Waals surface area contributed by atoms with Crippen LogP contribution in [0.15, 0.2) is 48.7 Å². The number of alkyl carbamates (subject to hydrolysis) is 1. The van der Waals surface area contributed by atoms with E-state index in [2.05, 4.69) is 15.2 Å². The van der Waals surface area contributed by atoms with Gasteiger partial charge in [0, 0.05) is 50.4 Å². The number of nitrogens with zero attached hydrogens (tertiary/aromatic N) is 3. The Hall–Kier alpha value is -2.64. The Morgan fingerprint density at radius 2 is 1.78 bits per heavy atom. The van der Waals surface area contributed by atoms with Crippen LogP contribution in [-0.4, -0.2) is 64.6 Å². The van der Waals surface area contributed by atoms with E-state index in [1.807, 2.05) is 35.2 Å². The molecule has 1 fully saturated rings. The first-order valence-electron chi connectivity index (χ1n) is 10.8. The summed E-state index contributed by atoms with van der Waals surface area (Å²) in [7, 11) is 0. The van der Waals surface area contributed by atoms with Crippen LogP contribution < -0.4 is 5.32 Å². The summed E-state index contributed by atoms with van der Waals surface area (Å²) in [4.78, 5) is 34.2. The average Bonchev–Trinajstić information content (AvgIpc) is 2.74. The lowest BCUT2D eigenvalue weighted by atomic mass is 10.0. The molecule has 0 radical (unpaired) electrons. The highest BCUT2D eigenvalue weighted by atomic mass is 35.5. The lowest BCUT2D eigenvalue weighted by Gasteiger charge is -2.36. The third-order valence-electron chi connectivity index (χ3n) is 5.14. The molecule has 1 aliphatic rings. The zero-order valence-corrected chi connectivity index (χ0v) is 19.6. The van der Waals surface area contributed by atoms with Gasteiger partial charge in [0.05, 0.1) is 5.69 Å². The summed E-state index contributed by atoms with van der Waals surface area (Å²) in [6, 6.07) is 12.5. The Bertz CT molecular complexity index is 892. The summed E-state index contributed by atoms with van der Waals surface area (Å²) in [5.41, 5.74) is 1.28. The van der Waals surface area contributed by atoms with Gasteiger partial charge in [-0.3, -0.25) is 14.7 Å². The van der Waals surface area contributed by atoms with Crippen molar-refractivity contribution in [3.8, 4) is 0 Å². The lowest BCUT2D eigenvalue weighted by Crippen LogP contribution is -2.55. The fourth-order valence-corrected chi connectivity index (χ4v) is 3.70. The molecule has 1 N–H and O–H groups in total. The van der Waals surface area contributed by atoms with Gasteiger partial charge in [0.25, 0.3) is 0 Å². The molecule has 2 aromatic rings. The van der Waals surface area contributed by atoms with Crippen molar-refractivity contribution in [1.82, 2.24) is 20.1 Å². The average molecular weight is 459 g/mol. The Kier molecular flexibility index (Phi) is 8.10. The fourth-order valence-electron chi connectivity index (χ4n) is 3.57. The molecule has 3 rings (SSSR count). The zero-order chi connectivity index (χ0) is 23.1. The van der Waals surface area contributed by atoms with Crippen molar-refractivity contribution < 1.29 is 14.3 Å². The number of amides is 2. The minimum Gasteiger partial charge on any atom is -0.444 e. The summed E-state index contributed by atoms with van der Waals surface area (Å²) in [6.45, 7) is 8.84. The summed E-state index contributed by atoms with van der Waals surface area (Å²) >= 11 is 5.99. The highest BCUT2D eigenvalue weighted by molar-refractivity contribution is 6.30. The predicted molar refractivity (Wildman–Crippen MR) is 124 cm³/mol. The molecule has 0 saturated carbocycles. The highest BCUT2D eigenvalue weighted by Gasteiger charge is 2.30. The first kappa shape index (κ1) is 24.0. The largest absolute Gasteiger partial charge is 0.444 e. The molecule has 1 aromatic carbocycles. The van der Waals surface area contributed by atoms with Crippen LogP contribution in [0.2, 0.25) is 5.02 Å². The molecule has 1 atom stereocenters. The normalized spacial score (nSPS) is 15.8. The van der Waals surface area contributed by atoms with Crippen LogP contribution in [0.5, 0.6) is 0 Å². The first-order valence-corrected chi connectivity index (χ1v) is 11.2. The quantitative estimate of drug-likeness (QED) is 0.716. The van der Waals surface area contributed by atoms with E-state index in [9.17, 15) is 9.59 Å². The molecule has 2 heterocycles.